The van der Waals surface area contributed by atoms with Crippen molar-refractivity contribution < 1.29 is 27.9 Å². The Morgan fingerprint density at radius 1 is 1.14 bits per heavy atom. The molecular formula is C23H27N5O6S. The first-order valence-corrected chi connectivity index (χ1v) is 12.7. The summed E-state index contributed by atoms with van der Waals surface area (Å²) in [5, 5.41) is 21.1. The fourth-order valence-electron chi connectivity index (χ4n) is 4.03. The Labute approximate surface area is 202 Å². The van der Waals surface area contributed by atoms with E-state index in [0.717, 1.165) is 11.1 Å². The average Bonchev–Trinajstić information content (AvgIpc) is 3.35. The van der Waals surface area contributed by atoms with Gasteiger partial charge < -0.3 is 9.47 Å². The molecular weight excluding hydrogens is 474 g/mol. The molecule has 11 nitrogen and oxygen atoms in total. The van der Waals surface area contributed by atoms with Crippen LogP contribution in [0.25, 0.3) is 11.4 Å². The summed E-state index contributed by atoms with van der Waals surface area (Å²) in [4.78, 5) is 12.3. The average molecular weight is 502 g/mol. The van der Waals surface area contributed by atoms with Crippen LogP contribution in [0, 0.1) is 6.92 Å². The summed E-state index contributed by atoms with van der Waals surface area (Å²) in [6, 6.07) is 13.9. The van der Waals surface area contributed by atoms with E-state index in [2.05, 4.69) is 15.5 Å². The van der Waals surface area contributed by atoms with Crippen LogP contribution >= 0.6 is 0 Å². The first kappa shape index (κ1) is 24.8. The van der Waals surface area contributed by atoms with E-state index in [0.29, 0.717) is 31.1 Å². The van der Waals surface area contributed by atoms with Gasteiger partial charge >= 0.3 is 0 Å². The van der Waals surface area contributed by atoms with Crippen molar-refractivity contribution in [2.24, 2.45) is 0 Å². The number of sulfone groups is 1. The van der Waals surface area contributed by atoms with E-state index in [1.165, 1.54) is 17.6 Å². The number of aryl methyl sites for hydroxylation is 2. The predicted octanol–water partition coefficient (Wildman–Crippen LogP) is 1.95. The van der Waals surface area contributed by atoms with Gasteiger partial charge in [0.2, 0.25) is 0 Å². The number of benzene rings is 2. The molecule has 1 fully saturated rings. The van der Waals surface area contributed by atoms with Crippen LogP contribution in [-0.2, 0) is 25.9 Å². The summed E-state index contributed by atoms with van der Waals surface area (Å²) in [6.07, 6.45) is 0.549. The third-order valence-corrected chi connectivity index (χ3v) is 8.60. The molecule has 4 rings (SSSR count). The highest BCUT2D eigenvalue weighted by Gasteiger charge is 2.52. The first-order valence-electron chi connectivity index (χ1n) is 11.2. The smallest absolute Gasteiger partial charge is 0.265 e. The Morgan fingerprint density at radius 3 is 2.49 bits per heavy atom. The molecule has 0 radical (unpaired) electrons. The van der Waals surface area contributed by atoms with Gasteiger partial charge in [-0.25, -0.2) is 18.6 Å². The van der Waals surface area contributed by atoms with Crippen LogP contribution in [0.4, 0.5) is 0 Å². The van der Waals surface area contributed by atoms with Gasteiger partial charge in [-0.15, -0.1) is 5.10 Å². The summed E-state index contributed by atoms with van der Waals surface area (Å²) in [7, 11) is -4.07. The zero-order chi connectivity index (χ0) is 24.9. The SMILES string of the molecule is Cc1ccc(-c2nnnn2CCCOc2ccc(S(=O)(=O)C3(C(=O)NO)CCOCC3)cc2)cc1. The lowest BCUT2D eigenvalue weighted by atomic mass is 9.98. The fraction of sp³-hybridized carbons (Fsp3) is 0.391. The largest absolute Gasteiger partial charge is 0.494 e. The maximum Gasteiger partial charge on any atom is 0.265 e. The second-order valence-electron chi connectivity index (χ2n) is 8.32. The zero-order valence-corrected chi connectivity index (χ0v) is 20.1. The van der Waals surface area contributed by atoms with Crippen LogP contribution in [0.5, 0.6) is 5.75 Å². The molecule has 0 aliphatic carbocycles. The third kappa shape index (κ3) is 5.04. The Balaban J connectivity index is 1.37. The molecule has 1 amide bonds. The Hall–Kier alpha value is -3.35. The maximum absolute atomic E-state index is 13.3. The van der Waals surface area contributed by atoms with Crippen molar-refractivity contribution >= 4 is 15.7 Å². The molecule has 1 aliphatic heterocycles. The molecule has 2 heterocycles. The van der Waals surface area contributed by atoms with Crippen LogP contribution in [-0.4, -0.2) is 64.3 Å². The van der Waals surface area contributed by atoms with Gasteiger partial charge in [0, 0.05) is 31.7 Å². The first-order chi connectivity index (χ1) is 16.9. The molecule has 0 atom stereocenters. The number of ether oxygens (including phenoxy) is 2. The summed E-state index contributed by atoms with van der Waals surface area (Å²) >= 11 is 0. The van der Waals surface area contributed by atoms with Gasteiger partial charge in [-0.05, 0) is 54.5 Å². The summed E-state index contributed by atoms with van der Waals surface area (Å²) < 4.78 is 37.5. The minimum atomic E-state index is -4.07. The number of hydrogen-bond donors (Lipinski definition) is 2. The number of nitrogens with zero attached hydrogens (tertiary/aromatic N) is 4. The molecule has 1 saturated heterocycles. The van der Waals surface area contributed by atoms with Crippen LogP contribution in [0.3, 0.4) is 0 Å². The highest BCUT2D eigenvalue weighted by atomic mass is 32.2. The molecule has 186 valence electrons. The zero-order valence-electron chi connectivity index (χ0n) is 19.3. The van der Waals surface area contributed by atoms with Crippen molar-refractivity contribution in [3.8, 4) is 17.1 Å². The molecule has 0 saturated carbocycles. The van der Waals surface area contributed by atoms with Gasteiger partial charge in [0.05, 0.1) is 11.5 Å². The number of carbonyl (C=O) groups is 1. The van der Waals surface area contributed by atoms with E-state index in [1.54, 1.807) is 16.8 Å². The van der Waals surface area contributed by atoms with Crippen LogP contribution < -0.4 is 10.2 Å². The number of hydrogen-bond acceptors (Lipinski definition) is 9. The highest BCUT2D eigenvalue weighted by Crippen LogP contribution is 2.35. The molecule has 1 aliphatic rings. The lowest BCUT2D eigenvalue weighted by Gasteiger charge is -2.34. The van der Waals surface area contributed by atoms with Crippen LogP contribution in [0.15, 0.2) is 53.4 Å². The number of tetrazole rings is 1. The van der Waals surface area contributed by atoms with Crippen molar-refractivity contribution in [3.63, 3.8) is 0 Å². The quantitative estimate of drug-likeness (QED) is 0.255. The minimum absolute atomic E-state index is 0.0215. The fourth-order valence-corrected chi connectivity index (χ4v) is 5.97. The molecule has 3 aromatic rings. The van der Waals surface area contributed by atoms with Crippen molar-refractivity contribution in [3.05, 3.63) is 54.1 Å². The Kier molecular flexibility index (Phi) is 7.43. The maximum atomic E-state index is 13.3. The minimum Gasteiger partial charge on any atom is -0.494 e. The lowest BCUT2D eigenvalue weighted by Crippen LogP contribution is -2.54. The van der Waals surface area contributed by atoms with E-state index in [4.69, 9.17) is 14.7 Å². The Morgan fingerprint density at radius 2 is 1.83 bits per heavy atom. The molecule has 35 heavy (non-hydrogen) atoms. The normalized spacial score (nSPS) is 15.5. The van der Waals surface area contributed by atoms with E-state index in [1.807, 2.05) is 31.2 Å². The monoisotopic (exact) mass is 501 g/mol. The lowest BCUT2D eigenvalue weighted by molar-refractivity contribution is -0.134. The number of amides is 1. The number of nitrogens with one attached hydrogen (secondary N) is 1. The van der Waals surface area contributed by atoms with Crippen molar-refractivity contribution in [2.45, 2.75) is 42.4 Å². The molecule has 0 unspecified atom stereocenters. The van der Waals surface area contributed by atoms with Crippen molar-refractivity contribution in [1.29, 1.82) is 0 Å². The van der Waals surface area contributed by atoms with Gasteiger partial charge in [-0.1, -0.05) is 29.8 Å². The molecule has 2 N–H and O–H groups in total. The second-order valence-corrected chi connectivity index (χ2v) is 10.6. The number of rotatable bonds is 9. The summed E-state index contributed by atoms with van der Waals surface area (Å²) in [5.41, 5.74) is 3.59. The molecule has 2 aromatic carbocycles. The van der Waals surface area contributed by atoms with Crippen LogP contribution in [0.2, 0.25) is 0 Å². The molecule has 12 heteroatoms. The van der Waals surface area contributed by atoms with Gasteiger partial charge in [0.15, 0.2) is 20.4 Å². The van der Waals surface area contributed by atoms with E-state index in [-0.39, 0.29) is 31.0 Å². The number of hydroxylamine groups is 1. The molecule has 0 bridgehead atoms. The van der Waals surface area contributed by atoms with Crippen molar-refractivity contribution in [1.82, 2.24) is 25.7 Å². The van der Waals surface area contributed by atoms with Gasteiger partial charge in [0.1, 0.15) is 5.75 Å². The standard InChI is InChI=1S/C23H27N5O6S/c1-17-3-5-18(6-4-17)21-24-26-27-28(21)13-2-14-34-19-7-9-20(10-8-19)35(31,32)23(22(29)25-30)11-15-33-16-12-23/h3-10,30H,2,11-16H2,1H3,(H,25,29). The van der Waals surface area contributed by atoms with E-state index in [9.17, 15) is 13.2 Å². The highest BCUT2D eigenvalue weighted by molar-refractivity contribution is 7.93. The summed E-state index contributed by atoms with van der Waals surface area (Å²) in [6.45, 7) is 3.15. The third-order valence-electron chi connectivity index (χ3n) is 6.09. The van der Waals surface area contributed by atoms with Crippen LogP contribution in [0.1, 0.15) is 24.8 Å². The van der Waals surface area contributed by atoms with Gasteiger partial charge in [-0.2, -0.15) is 0 Å². The summed E-state index contributed by atoms with van der Waals surface area (Å²) in [5.74, 6) is 0.217. The second kappa shape index (κ2) is 10.5. The van der Waals surface area contributed by atoms with Gasteiger partial charge in [0.25, 0.3) is 5.91 Å². The number of carbonyl (C=O) groups excluding carboxylic acids is 1. The molecule has 1 aromatic heterocycles. The predicted molar refractivity (Wildman–Crippen MR) is 124 cm³/mol. The van der Waals surface area contributed by atoms with Crippen molar-refractivity contribution in [2.75, 3.05) is 19.8 Å². The number of aromatic nitrogens is 4. The van der Waals surface area contributed by atoms with E-state index >= 15 is 0 Å². The topological polar surface area (TPSA) is 146 Å². The van der Waals surface area contributed by atoms with Gasteiger partial charge in [-0.3, -0.25) is 10.0 Å². The Bertz CT molecular complexity index is 1250. The molecule has 0 spiro atoms. The van der Waals surface area contributed by atoms with E-state index < -0.39 is 20.5 Å².